The van der Waals surface area contributed by atoms with Crippen molar-refractivity contribution in [2.24, 2.45) is 11.8 Å². The fourth-order valence-corrected chi connectivity index (χ4v) is 6.96. The molecule has 3 fully saturated rings. The first-order chi connectivity index (χ1) is 24.4. The van der Waals surface area contributed by atoms with Gasteiger partial charge in [-0.1, -0.05) is 91.0 Å². The van der Waals surface area contributed by atoms with Crippen LogP contribution in [0.3, 0.4) is 0 Å². The molecule has 6 rings (SSSR count). The average Bonchev–Trinajstić information content (AvgIpc) is 3.78. The van der Waals surface area contributed by atoms with E-state index in [4.69, 9.17) is 47.4 Å². The van der Waals surface area contributed by atoms with Crippen LogP contribution in [0.1, 0.15) is 16.7 Å². The second kappa shape index (κ2) is 16.8. The lowest BCUT2D eigenvalue weighted by Gasteiger charge is -2.47. The van der Waals surface area contributed by atoms with Gasteiger partial charge in [0.15, 0.2) is 24.5 Å². The molecule has 5 unspecified atom stereocenters. The number of methoxy groups -OCH3 is 4. The summed E-state index contributed by atoms with van der Waals surface area (Å²) in [5, 5.41) is 11.5. The second-order valence-electron chi connectivity index (χ2n) is 12.6. The van der Waals surface area contributed by atoms with Crippen LogP contribution in [0.4, 0.5) is 0 Å². The van der Waals surface area contributed by atoms with Crippen molar-refractivity contribution >= 4 is 5.97 Å². The molecule has 12 nitrogen and oxygen atoms in total. The van der Waals surface area contributed by atoms with E-state index in [-0.39, 0.29) is 26.4 Å². The number of benzene rings is 3. The molecule has 12 heteroatoms. The van der Waals surface area contributed by atoms with Crippen molar-refractivity contribution in [2.45, 2.75) is 74.8 Å². The van der Waals surface area contributed by atoms with Gasteiger partial charge in [-0.15, -0.1) is 0 Å². The first-order valence-corrected chi connectivity index (χ1v) is 16.7. The van der Waals surface area contributed by atoms with Crippen LogP contribution in [-0.2, 0) is 72.0 Å². The molecule has 270 valence electrons. The number of ether oxygens (including phenoxy) is 10. The molecule has 2 aliphatic heterocycles. The highest BCUT2D eigenvalue weighted by atomic mass is 16.8. The van der Waals surface area contributed by atoms with Crippen LogP contribution in [0.5, 0.6) is 0 Å². The van der Waals surface area contributed by atoms with E-state index in [2.05, 4.69) is 0 Å². The normalized spacial score (nSPS) is 33.4. The van der Waals surface area contributed by atoms with E-state index in [0.29, 0.717) is 0 Å². The fraction of sp³-hybridized carbons (Fsp3) is 0.500. The number of carbonyl (C=O) groups is 1. The highest BCUT2D eigenvalue weighted by Gasteiger charge is 2.77. The van der Waals surface area contributed by atoms with Gasteiger partial charge in [0.2, 0.25) is 0 Å². The Balaban J connectivity index is 1.29. The summed E-state index contributed by atoms with van der Waals surface area (Å²) < 4.78 is 61.1. The Morgan fingerprint density at radius 2 is 1.22 bits per heavy atom. The molecule has 50 heavy (non-hydrogen) atoms. The highest BCUT2D eigenvalue weighted by Crippen LogP contribution is 2.60. The number of aliphatic hydroxyl groups is 1. The third kappa shape index (κ3) is 7.95. The summed E-state index contributed by atoms with van der Waals surface area (Å²) in [6.07, 6.45) is -7.18. The van der Waals surface area contributed by atoms with E-state index in [1.165, 1.54) is 14.2 Å². The molecule has 2 saturated heterocycles. The van der Waals surface area contributed by atoms with E-state index >= 15 is 0 Å². The van der Waals surface area contributed by atoms with E-state index in [0.717, 1.165) is 16.7 Å². The fourth-order valence-electron chi connectivity index (χ4n) is 6.96. The molecule has 0 amide bonds. The first kappa shape index (κ1) is 36.5. The van der Waals surface area contributed by atoms with Gasteiger partial charge in [-0.25, -0.2) is 4.79 Å². The number of hydrogen-bond acceptors (Lipinski definition) is 12. The molecule has 0 spiro atoms. The molecule has 1 saturated carbocycles. The average molecular weight is 695 g/mol. The van der Waals surface area contributed by atoms with E-state index in [1.54, 1.807) is 14.2 Å². The zero-order chi connectivity index (χ0) is 35.1. The zero-order valence-electron chi connectivity index (χ0n) is 28.7. The number of esters is 1. The quantitative estimate of drug-likeness (QED) is 0.174. The SMILES string of the molecule is COC[C@@H]1O[C@H](OC)C(OCc2ccccc2)C(OCc2ccccc2)[C@@H]1O[C@@H]1OC(C(=O)OCc2ccccc2)[C@@H]2[C@@H](C1OC)C2(O)OC. The number of fused-ring (bicyclic) bond motifs is 1. The number of hydrogen-bond donors (Lipinski definition) is 1. The molecule has 3 aromatic rings. The smallest absolute Gasteiger partial charge is 0.336 e. The molecule has 2 heterocycles. The molecule has 3 aliphatic rings. The lowest BCUT2D eigenvalue weighted by Crippen LogP contribution is -2.63. The van der Waals surface area contributed by atoms with Gasteiger partial charge in [0.25, 0.3) is 0 Å². The van der Waals surface area contributed by atoms with Crippen LogP contribution in [0.15, 0.2) is 91.0 Å². The van der Waals surface area contributed by atoms with Crippen molar-refractivity contribution in [1.82, 2.24) is 0 Å². The Morgan fingerprint density at radius 1 is 0.660 bits per heavy atom. The maximum Gasteiger partial charge on any atom is 0.336 e. The lowest BCUT2D eigenvalue weighted by molar-refractivity contribution is -0.353. The Bertz CT molecular complexity index is 1480. The van der Waals surface area contributed by atoms with Gasteiger partial charge in [0.1, 0.15) is 37.1 Å². The minimum Gasteiger partial charge on any atom is -0.459 e. The van der Waals surface area contributed by atoms with Crippen molar-refractivity contribution < 1.29 is 57.3 Å². The third-order valence-electron chi connectivity index (χ3n) is 9.53. The van der Waals surface area contributed by atoms with Crippen molar-refractivity contribution in [3.63, 3.8) is 0 Å². The Morgan fingerprint density at radius 3 is 1.74 bits per heavy atom. The molecule has 1 N–H and O–H groups in total. The van der Waals surface area contributed by atoms with Crippen molar-refractivity contribution in [3.05, 3.63) is 108 Å². The predicted molar refractivity (Wildman–Crippen MR) is 177 cm³/mol. The summed E-state index contributed by atoms with van der Waals surface area (Å²) in [6.45, 7) is 0.626. The molecular weight excluding hydrogens is 648 g/mol. The van der Waals surface area contributed by atoms with Crippen LogP contribution in [0, 0.1) is 11.8 Å². The van der Waals surface area contributed by atoms with Crippen molar-refractivity contribution in [2.75, 3.05) is 35.0 Å². The summed E-state index contributed by atoms with van der Waals surface area (Å²) >= 11 is 0. The van der Waals surface area contributed by atoms with Crippen LogP contribution in [0.2, 0.25) is 0 Å². The summed E-state index contributed by atoms with van der Waals surface area (Å²) in [6, 6.07) is 28.8. The maximum atomic E-state index is 13.6. The van der Waals surface area contributed by atoms with Crippen LogP contribution < -0.4 is 0 Å². The zero-order valence-corrected chi connectivity index (χ0v) is 28.7. The van der Waals surface area contributed by atoms with Gasteiger partial charge in [-0.2, -0.15) is 0 Å². The minimum atomic E-state index is -1.70. The first-order valence-electron chi connectivity index (χ1n) is 16.7. The summed E-state index contributed by atoms with van der Waals surface area (Å²) in [5.74, 6) is -3.76. The van der Waals surface area contributed by atoms with Gasteiger partial charge < -0.3 is 52.5 Å². The van der Waals surface area contributed by atoms with E-state index in [1.807, 2.05) is 91.0 Å². The largest absolute Gasteiger partial charge is 0.459 e. The van der Waals surface area contributed by atoms with Gasteiger partial charge in [0, 0.05) is 28.4 Å². The molecule has 3 aromatic carbocycles. The maximum absolute atomic E-state index is 13.6. The van der Waals surface area contributed by atoms with Gasteiger partial charge in [0.05, 0.1) is 31.7 Å². The third-order valence-corrected chi connectivity index (χ3v) is 9.53. The Labute approximate surface area is 292 Å². The summed E-state index contributed by atoms with van der Waals surface area (Å²) in [4.78, 5) is 13.6. The van der Waals surface area contributed by atoms with E-state index < -0.39 is 72.8 Å². The number of rotatable bonds is 16. The minimum absolute atomic E-state index is 0.0299. The highest BCUT2D eigenvalue weighted by molar-refractivity contribution is 5.76. The second-order valence-corrected chi connectivity index (χ2v) is 12.6. The van der Waals surface area contributed by atoms with Crippen molar-refractivity contribution in [3.8, 4) is 0 Å². The van der Waals surface area contributed by atoms with Gasteiger partial charge >= 0.3 is 5.97 Å². The molecular formula is C38H46O12. The standard InChI is InChI=1S/C38H46O12/c1-41-23-27-30(33(45-20-24-14-8-5-9-15-24)34(36(43-3)48-27)46-21-25-16-10-6-11-17-25)49-37-32(42-2)29-28(38(29,40)44-4)31(50-37)35(39)47-22-26-18-12-7-13-19-26/h5-19,27-34,36-37,40H,20-23H2,1-4H3/t27-,28-,29-,30+,31?,32?,33?,34?,36-,37+,38?/m0/s1. The summed E-state index contributed by atoms with van der Waals surface area (Å²) in [7, 11) is 5.97. The summed E-state index contributed by atoms with van der Waals surface area (Å²) in [5.41, 5.74) is 2.70. The van der Waals surface area contributed by atoms with Crippen molar-refractivity contribution in [1.29, 1.82) is 0 Å². The van der Waals surface area contributed by atoms with Gasteiger partial charge in [-0.3, -0.25) is 0 Å². The molecule has 11 atom stereocenters. The van der Waals surface area contributed by atoms with Crippen LogP contribution in [0.25, 0.3) is 0 Å². The van der Waals surface area contributed by atoms with E-state index in [9.17, 15) is 9.90 Å². The predicted octanol–water partition coefficient (Wildman–Crippen LogP) is 3.62. The van der Waals surface area contributed by atoms with Crippen LogP contribution in [-0.4, -0.2) is 101 Å². The van der Waals surface area contributed by atoms with Crippen LogP contribution >= 0.6 is 0 Å². The molecule has 0 radical (unpaired) electrons. The van der Waals surface area contributed by atoms with Gasteiger partial charge in [-0.05, 0) is 16.7 Å². The monoisotopic (exact) mass is 694 g/mol. The topological polar surface area (TPSA) is 130 Å². The lowest BCUT2D eigenvalue weighted by atomic mass is 9.97. The molecule has 0 aromatic heterocycles. The number of carbonyl (C=O) groups excluding carboxylic acids is 1. The molecule has 0 bridgehead atoms. The Kier molecular flexibility index (Phi) is 12.3. The molecule has 1 aliphatic carbocycles. The Hall–Kier alpha value is -3.27.